The summed E-state index contributed by atoms with van der Waals surface area (Å²) in [6.07, 6.45) is 16.9. The molecule has 0 atom stereocenters. The second kappa shape index (κ2) is 4.24. The van der Waals surface area contributed by atoms with Crippen molar-refractivity contribution >= 4 is 11.6 Å². The van der Waals surface area contributed by atoms with E-state index in [4.69, 9.17) is 0 Å². The summed E-state index contributed by atoms with van der Waals surface area (Å²) in [4.78, 5) is 0. The fourth-order valence-corrected chi connectivity index (χ4v) is 3.23. The van der Waals surface area contributed by atoms with Gasteiger partial charge in [-0.05, 0) is 46.4 Å². The smallest absolute Gasteiger partial charge is 0.00487 e. The Balaban J connectivity index is 1.71. The van der Waals surface area contributed by atoms with Crippen molar-refractivity contribution in [3.8, 4) is 0 Å². The molecule has 0 heteroatoms. The van der Waals surface area contributed by atoms with Gasteiger partial charge in [-0.3, -0.25) is 0 Å². The van der Waals surface area contributed by atoms with E-state index >= 15 is 0 Å². The molecule has 0 spiro atoms. The van der Waals surface area contributed by atoms with E-state index in [2.05, 4.69) is 60.7 Å². The van der Waals surface area contributed by atoms with Crippen LogP contribution in [0.4, 0.5) is 0 Å². The second-order valence-corrected chi connectivity index (χ2v) is 5.37. The molecule has 0 nitrogen and oxygen atoms in total. The maximum absolute atomic E-state index is 2.35. The van der Waals surface area contributed by atoms with Crippen molar-refractivity contribution in [1.82, 2.24) is 0 Å². The van der Waals surface area contributed by atoms with Gasteiger partial charge in [-0.2, -0.15) is 0 Å². The minimum atomic E-state index is 1.09. The largest absolute Gasteiger partial charge is 0.0801 e. The molecule has 92 valence electrons. The highest BCUT2D eigenvalue weighted by molar-refractivity contribution is 5.67. The highest BCUT2D eigenvalue weighted by Gasteiger charge is 2.17. The summed E-state index contributed by atoms with van der Waals surface area (Å²) in [5.74, 6) is 0. The van der Waals surface area contributed by atoms with Gasteiger partial charge in [0.25, 0.3) is 0 Å². The molecular formula is C19H16. The lowest BCUT2D eigenvalue weighted by Gasteiger charge is -2.12. The molecule has 0 fully saturated rings. The molecule has 3 aliphatic carbocycles. The van der Waals surface area contributed by atoms with Crippen LogP contribution in [0.15, 0.2) is 71.4 Å². The molecule has 0 saturated carbocycles. The van der Waals surface area contributed by atoms with E-state index in [9.17, 15) is 0 Å². The van der Waals surface area contributed by atoms with E-state index in [0.29, 0.717) is 0 Å². The molecule has 0 saturated heterocycles. The van der Waals surface area contributed by atoms with E-state index < -0.39 is 0 Å². The molecule has 4 rings (SSSR count). The molecule has 0 amide bonds. The van der Waals surface area contributed by atoms with Crippen LogP contribution in [-0.2, 0) is 0 Å². The monoisotopic (exact) mass is 244 g/mol. The van der Waals surface area contributed by atoms with Crippen molar-refractivity contribution in [2.45, 2.75) is 19.3 Å². The first-order chi connectivity index (χ1) is 9.42. The van der Waals surface area contributed by atoms with Crippen molar-refractivity contribution in [2.75, 3.05) is 0 Å². The van der Waals surface area contributed by atoms with Crippen LogP contribution < -0.4 is 10.4 Å². The fourth-order valence-electron chi connectivity index (χ4n) is 3.23. The van der Waals surface area contributed by atoms with Gasteiger partial charge in [-0.1, -0.05) is 66.3 Å². The highest BCUT2D eigenvalue weighted by atomic mass is 14.2. The first-order valence-electron chi connectivity index (χ1n) is 6.96. The average molecular weight is 244 g/mol. The van der Waals surface area contributed by atoms with Crippen LogP contribution in [0.25, 0.3) is 11.6 Å². The summed E-state index contributed by atoms with van der Waals surface area (Å²) in [6, 6.07) is 8.75. The number of fused-ring (bicyclic) bond motifs is 2. The second-order valence-electron chi connectivity index (χ2n) is 5.37. The average Bonchev–Trinajstić information content (AvgIpc) is 3.05. The Morgan fingerprint density at radius 1 is 0.947 bits per heavy atom. The lowest BCUT2D eigenvalue weighted by molar-refractivity contribution is 1.16. The Labute approximate surface area is 113 Å². The lowest BCUT2D eigenvalue weighted by atomic mass is 9.92. The van der Waals surface area contributed by atoms with Crippen LogP contribution in [0.1, 0.15) is 19.3 Å². The van der Waals surface area contributed by atoms with E-state index in [1.165, 1.54) is 27.2 Å². The zero-order chi connectivity index (χ0) is 12.7. The van der Waals surface area contributed by atoms with Gasteiger partial charge in [0.05, 0.1) is 0 Å². The van der Waals surface area contributed by atoms with Gasteiger partial charge in [0.15, 0.2) is 0 Å². The highest BCUT2D eigenvalue weighted by Crippen LogP contribution is 2.35. The van der Waals surface area contributed by atoms with Crippen molar-refractivity contribution in [3.63, 3.8) is 0 Å². The van der Waals surface area contributed by atoms with Gasteiger partial charge < -0.3 is 0 Å². The Hall–Kier alpha value is -2.08. The number of rotatable bonds is 2. The molecule has 0 bridgehead atoms. The third-order valence-corrected chi connectivity index (χ3v) is 4.23. The molecular weight excluding hydrogens is 228 g/mol. The van der Waals surface area contributed by atoms with Gasteiger partial charge in [0.1, 0.15) is 0 Å². The summed E-state index contributed by atoms with van der Waals surface area (Å²) in [5.41, 5.74) is 5.99. The lowest BCUT2D eigenvalue weighted by Crippen LogP contribution is -2.21. The van der Waals surface area contributed by atoms with Crippen LogP contribution in [-0.4, -0.2) is 0 Å². The minimum Gasteiger partial charge on any atom is -0.0801 e. The third-order valence-electron chi connectivity index (χ3n) is 4.23. The molecule has 0 aliphatic heterocycles. The van der Waals surface area contributed by atoms with Crippen molar-refractivity contribution in [2.24, 2.45) is 0 Å². The Morgan fingerprint density at radius 3 is 2.89 bits per heavy atom. The van der Waals surface area contributed by atoms with Crippen molar-refractivity contribution in [1.29, 1.82) is 0 Å². The third kappa shape index (κ3) is 1.76. The van der Waals surface area contributed by atoms with E-state index in [1.54, 1.807) is 5.57 Å². The molecule has 0 heterocycles. The molecule has 1 aromatic carbocycles. The maximum Gasteiger partial charge on any atom is -0.00487 e. The van der Waals surface area contributed by atoms with Gasteiger partial charge >= 0.3 is 0 Å². The topological polar surface area (TPSA) is 0 Å². The summed E-state index contributed by atoms with van der Waals surface area (Å²) in [7, 11) is 0. The first kappa shape index (κ1) is 10.8. The van der Waals surface area contributed by atoms with E-state index in [1.807, 2.05) is 0 Å². The molecule has 0 N–H and O–H groups in total. The fraction of sp³-hybridized carbons (Fsp3) is 0.158. The van der Waals surface area contributed by atoms with Crippen LogP contribution >= 0.6 is 0 Å². The zero-order valence-corrected chi connectivity index (χ0v) is 10.9. The summed E-state index contributed by atoms with van der Waals surface area (Å²) in [5, 5.41) is 2.85. The van der Waals surface area contributed by atoms with Gasteiger partial charge in [-0.25, -0.2) is 0 Å². The van der Waals surface area contributed by atoms with E-state index in [-0.39, 0.29) is 0 Å². The molecule has 1 aromatic rings. The van der Waals surface area contributed by atoms with E-state index in [0.717, 1.165) is 19.3 Å². The van der Waals surface area contributed by atoms with Gasteiger partial charge in [0.2, 0.25) is 0 Å². The Bertz CT molecular complexity index is 780. The van der Waals surface area contributed by atoms with Crippen LogP contribution in [0, 0.1) is 0 Å². The summed E-state index contributed by atoms with van der Waals surface area (Å²) < 4.78 is 0. The van der Waals surface area contributed by atoms with Crippen molar-refractivity contribution in [3.05, 3.63) is 81.8 Å². The van der Waals surface area contributed by atoms with Crippen LogP contribution in [0.3, 0.4) is 0 Å². The predicted molar refractivity (Wildman–Crippen MR) is 80.8 cm³/mol. The van der Waals surface area contributed by atoms with Crippen molar-refractivity contribution < 1.29 is 0 Å². The minimum absolute atomic E-state index is 1.09. The summed E-state index contributed by atoms with van der Waals surface area (Å²) >= 11 is 0. The Morgan fingerprint density at radius 2 is 1.89 bits per heavy atom. The first-order valence-corrected chi connectivity index (χ1v) is 6.96. The quantitative estimate of drug-likeness (QED) is 0.749. The molecule has 19 heavy (non-hydrogen) atoms. The molecule has 0 aromatic heterocycles. The standard InChI is InChI=1S/C19H16/c1-3-7-18-14(5-1)9-11-16(18)13-17-12-10-15-6-2-4-8-19(15)17/h1-5,7-10,12H,6,11,13H2. The number of benzene rings is 1. The predicted octanol–water partition coefficient (Wildman–Crippen LogP) is 3.16. The summed E-state index contributed by atoms with van der Waals surface area (Å²) in [6.45, 7) is 0. The van der Waals surface area contributed by atoms with Crippen LogP contribution in [0.2, 0.25) is 0 Å². The van der Waals surface area contributed by atoms with Gasteiger partial charge in [-0.15, -0.1) is 0 Å². The molecule has 0 unspecified atom stereocenters. The molecule has 0 radical (unpaired) electrons. The number of allylic oxidation sites excluding steroid dienone is 8. The molecule has 3 aliphatic rings. The maximum atomic E-state index is 2.35. The normalized spacial score (nSPS) is 19.4. The SMILES string of the molecule is C1=CCC2=CC=C(CC3=c4ccccc4=CC3)C2=C1. The Kier molecular flexibility index (Phi) is 2.41. The number of hydrogen-bond acceptors (Lipinski definition) is 0. The number of hydrogen-bond donors (Lipinski definition) is 0. The van der Waals surface area contributed by atoms with Crippen LogP contribution in [0.5, 0.6) is 0 Å². The van der Waals surface area contributed by atoms with Gasteiger partial charge in [0, 0.05) is 0 Å². The zero-order valence-electron chi connectivity index (χ0n) is 10.9.